The number of nitrogens with zero attached hydrogens (tertiary/aromatic N) is 1. The number of hydrogen-bond acceptors (Lipinski definition) is 4. The minimum atomic E-state index is -0.0250. The number of rotatable bonds is 10. The van der Waals surface area contributed by atoms with Gasteiger partial charge in [0, 0.05) is 39.9 Å². The number of nitrogens with two attached hydrogens (primary N) is 1. The van der Waals surface area contributed by atoms with Crippen LogP contribution in [0.15, 0.2) is 30.3 Å². The molecule has 0 spiro atoms. The van der Waals surface area contributed by atoms with Gasteiger partial charge in [-0.1, -0.05) is 44.2 Å². The molecule has 0 bridgehead atoms. The van der Waals surface area contributed by atoms with Crippen LogP contribution in [-0.4, -0.2) is 52.0 Å². The summed E-state index contributed by atoms with van der Waals surface area (Å²) in [5, 5.41) is 0. The summed E-state index contributed by atoms with van der Waals surface area (Å²) in [6.07, 6.45) is 0. The Hall–Kier alpha value is -0.940. The van der Waals surface area contributed by atoms with E-state index in [-0.39, 0.29) is 11.5 Å². The summed E-state index contributed by atoms with van der Waals surface area (Å²) in [4.78, 5) is 2.36. The van der Waals surface area contributed by atoms with Gasteiger partial charge in [0.05, 0.1) is 13.2 Å². The largest absolute Gasteiger partial charge is 0.383 e. The lowest BCUT2D eigenvalue weighted by Crippen LogP contribution is -2.43. The molecule has 21 heavy (non-hydrogen) atoms. The molecule has 0 amide bonds. The number of ether oxygens (including phenoxy) is 2. The van der Waals surface area contributed by atoms with Crippen molar-refractivity contribution in [3.05, 3.63) is 35.9 Å². The Bertz CT molecular complexity index is 374. The monoisotopic (exact) mass is 294 g/mol. The highest BCUT2D eigenvalue weighted by atomic mass is 16.5. The molecule has 4 heteroatoms. The molecule has 120 valence electrons. The number of methoxy groups -OCH3 is 2. The minimum Gasteiger partial charge on any atom is -0.383 e. The molecule has 0 aromatic heterocycles. The highest BCUT2D eigenvalue weighted by Gasteiger charge is 2.29. The molecule has 1 aromatic carbocycles. The van der Waals surface area contributed by atoms with Gasteiger partial charge in [0.15, 0.2) is 0 Å². The summed E-state index contributed by atoms with van der Waals surface area (Å²) in [5.74, 6) is 0. The summed E-state index contributed by atoms with van der Waals surface area (Å²) < 4.78 is 10.4. The molecule has 1 rings (SSSR count). The lowest BCUT2D eigenvalue weighted by atomic mass is 9.80. The first kappa shape index (κ1) is 18.1. The normalized spacial score (nSPS) is 13.6. The van der Waals surface area contributed by atoms with E-state index in [2.05, 4.69) is 30.9 Å². The fourth-order valence-electron chi connectivity index (χ4n) is 2.50. The molecule has 0 aliphatic carbocycles. The van der Waals surface area contributed by atoms with Crippen LogP contribution in [0.3, 0.4) is 0 Å². The van der Waals surface area contributed by atoms with Crippen LogP contribution in [0.1, 0.15) is 25.5 Å². The zero-order valence-electron chi connectivity index (χ0n) is 13.8. The fraction of sp³-hybridized carbons (Fsp3) is 0.647. The maximum atomic E-state index is 6.49. The molecule has 4 nitrogen and oxygen atoms in total. The third-order valence-electron chi connectivity index (χ3n) is 3.86. The van der Waals surface area contributed by atoms with Crippen molar-refractivity contribution in [2.24, 2.45) is 11.1 Å². The molecule has 0 saturated heterocycles. The van der Waals surface area contributed by atoms with Crippen molar-refractivity contribution in [1.29, 1.82) is 0 Å². The average molecular weight is 294 g/mol. The van der Waals surface area contributed by atoms with Crippen LogP contribution in [0.4, 0.5) is 0 Å². The lowest BCUT2D eigenvalue weighted by molar-refractivity contribution is 0.0808. The van der Waals surface area contributed by atoms with E-state index in [1.54, 1.807) is 14.2 Å². The number of benzene rings is 1. The maximum Gasteiger partial charge on any atom is 0.0589 e. The van der Waals surface area contributed by atoms with E-state index in [1.807, 2.05) is 18.2 Å². The first-order valence-electron chi connectivity index (χ1n) is 7.52. The van der Waals surface area contributed by atoms with Crippen molar-refractivity contribution in [2.75, 3.05) is 47.1 Å². The van der Waals surface area contributed by atoms with Crippen molar-refractivity contribution in [2.45, 2.75) is 19.9 Å². The van der Waals surface area contributed by atoms with Gasteiger partial charge in [0.2, 0.25) is 0 Å². The smallest absolute Gasteiger partial charge is 0.0589 e. The summed E-state index contributed by atoms with van der Waals surface area (Å²) in [5.41, 5.74) is 7.65. The molecule has 1 aromatic rings. The average Bonchev–Trinajstić information content (AvgIpc) is 2.49. The van der Waals surface area contributed by atoms with Gasteiger partial charge in [-0.2, -0.15) is 0 Å². The Labute approximate surface area is 129 Å². The highest BCUT2D eigenvalue weighted by molar-refractivity contribution is 5.20. The fourth-order valence-corrected chi connectivity index (χ4v) is 2.50. The number of hydrogen-bond donors (Lipinski definition) is 1. The second kappa shape index (κ2) is 9.15. The maximum absolute atomic E-state index is 6.49. The Kier molecular flexibility index (Phi) is 7.89. The van der Waals surface area contributed by atoms with Crippen molar-refractivity contribution in [1.82, 2.24) is 4.90 Å². The van der Waals surface area contributed by atoms with E-state index in [4.69, 9.17) is 15.2 Å². The van der Waals surface area contributed by atoms with Gasteiger partial charge in [-0.25, -0.2) is 0 Å². The molecule has 0 aliphatic rings. The van der Waals surface area contributed by atoms with Crippen LogP contribution in [0.2, 0.25) is 0 Å². The van der Waals surface area contributed by atoms with E-state index >= 15 is 0 Å². The van der Waals surface area contributed by atoms with Gasteiger partial charge in [-0.05, 0) is 11.0 Å². The summed E-state index contributed by atoms with van der Waals surface area (Å²) in [6, 6.07) is 10.3. The topological polar surface area (TPSA) is 47.7 Å². The zero-order valence-corrected chi connectivity index (χ0v) is 13.8. The Morgan fingerprint density at radius 3 is 2.05 bits per heavy atom. The molecule has 1 unspecified atom stereocenters. The van der Waals surface area contributed by atoms with E-state index in [0.717, 1.165) is 32.8 Å². The summed E-state index contributed by atoms with van der Waals surface area (Å²) in [6.45, 7) is 8.58. The standard InChI is InChI=1S/C17H30N2O2/c1-17(2,16(18)15-8-6-5-7-9-15)14-19(10-12-20-3)11-13-21-4/h5-9,16H,10-14,18H2,1-4H3. The van der Waals surface area contributed by atoms with Crippen molar-refractivity contribution in [3.63, 3.8) is 0 Å². The zero-order chi connectivity index (χ0) is 15.7. The molecule has 1 atom stereocenters. The van der Waals surface area contributed by atoms with E-state index in [0.29, 0.717) is 0 Å². The highest BCUT2D eigenvalue weighted by Crippen LogP contribution is 2.32. The minimum absolute atomic E-state index is 0.00582. The second-order valence-electron chi connectivity index (χ2n) is 6.14. The van der Waals surface area contributed by atoms with Crippen LogP contribution in [0, 0.1) is 5.41 Å². The van der Waals surface area contributed by atoms with Crippen LogP contribution < -0.4 is 5.73 Å². The summed E-state index contributed by atoms with van der Waals surface area (Å²) in [7, 11) is 3.46. The molecular weight excluding hydrogens is 264 g/mol. The third-order valence-corrected chi connectivity index (χ3v) is 3.86. The molecule has 0 fully saturated rings. The molecule has 0 radical (unpaired) electrons. The quantitative estimate of drug-likeness (QED) is 0.719. The van der Waals surface area contributed by atoms with Gasteiger partial charge in [-0.3, -0.25) is 4.90 Å². The molecular formula is C17H30N2O2. The van der Waals surface area contributed by atoms with Crippen LogP contribution in [0.25, 0.3) is 0 Å². The molecule has 0 heterocycles. The van der Waals surface area contributed by atoms with Crippen LogP contribution in [-0.2, 0) is 9.47 Å². The van der Waals surface area contributed by atoms with Gasteiger partial charge in [-0.15, -0.1) is 0 Å². The SMILES string of the molecule is COCCN(CCOC)CC(C)(C)C(N)c1ccccc1. The van der Waals surface area contributed by atoms with Gasteiger partial charge in [0.1, 0.15) is 0 Å². The van der Waals surface area contributed by atoms with E-state index in [1.165, 1.54) is 5.56 Å². The second-order valence-corrected chi connectivity index (χ2v) is 6.14. The Morgan fingerprint density at radius 2 is 1.57 bits per heavy atom. The van der Waals surface area contributed by atoms with Gasteiger partial charge >= 0.3 is 0 Å². The predicted octanol–water partition coefficient (Wildman–Crippen LogP) is 2.31. The van der Waals surface area contributed by atoms with Gasteiger partial charge < -0.3 is 15.2 Å². The van der Waals surface area contributed by atoms with E-state index in [9.17, 15) is 0 Å². The van der Waals surface area contributed by atoms with Crippen molar-refractivity contribution >= 4 is 0 Å². The molecule has 0 saturated carbocycles. The lowest BCUT2D eigenvalue weighted by Gasteiger charge is -2.37. The van der Waals surface area contributed by atoms with Crippen LogP contribution in [0.5, 0.6) is 0 Å². The first-order chi connectivity index (χ1) is 10.0. The predicted molar refractivity (Wildman–Crippen MR) is 87.3 cm³/mol. The molecule has 2 N–H and O–H groups in total. The third kappa shape index (κ3) is 6.14. The van der Waals surface area contributed by atoms with Crippen molar-refractivity contribution < 1.29 is 9.47 Å². The van der Waals surface area contributed by atoms with E-state index < -0.39 is 0 Å². The Balaban J connectivity index is 2.69. The van der Waals surface area contributed by atoms with Crippen molar-refractivity contribution in [3.8, 4) is 0 Å². The summed E-state index contributed by atoms with van der Waals surface area (Å²) >= 11 is 0. The first-order valence-corrected chi connectivity index (χ1v) is 7.52. The Morgan fingerprint density at radius 1 is 1.05 bits per heavy atom. The molecule has 0 aliphatic heterocycles. The van der Waals surface area contributed by atoms with Crippen LogP contribution >= 0.6 is 0 Å². The van der Waals surface area contributed by atoms with Gasteiger partial charge in [0.25, 0.3) is 0 Å².